The van der Waals surface area contributed by atoms with Crippen LogP contribution < -0.4 is 5.32 Å². The van der Waals surface area contributed by atoms with Crippen LogP contribution in [0.15, 0.2) is 54.6 Å². The number of fused-ring (bicyclic) bond motifs is 1. The summed E-state index contributed by atoms with van der Waals surface area (Å²) in [6, 6.07) is 18.3. The van der Waals surface area contributed by atoms with Gasteiger partial charge in [0.25, 0.3) is 5.91 Å². The van der Waals surface area contributed by atoms with Gasteiger partial charge >= 0.3 is 0 Å². The largest absolute Gasteiger partial charge is 0.351 e. The normalized spacial score (nSPS) is 14.4. The number of amides is 1. The molecule has 0 aliphatic carbocycles. The number of aromatic amines is 1. The fourth-order valence-corrected chi connectivity index (χ4v) is 5.09. The van der Waals surface area contributed by atoms with Crippen molar-refractivity contribution in [2.45, 2.75) is 19.8 Å². The number of aromatic nitrogens is 2. The number of nitrogens with one attached hydrogen (secondary N) is 2. The Morgan fingerprint density at radius 3 is 2.61 bits per heavy atom. The molecule has 0 saturated carbocycles. The molecule has 3 heterocycles. The van der Waals surface area contributed by atoms with Crippen molar-refractivity contribution in [3.05, 3.63) is 65.7 Å². The van der Waals surface area contributed by atoms with Gasteiger partial charge in [0.15, 0.2) is 0 Å². The predicted octanol–water partition coefficient (Wildman–Crippen LogP) is 5.09. The lowest BCUT2D eigenvalue weighted by Gasteiger charge is -2.14. The van der Waals surface area contributed by atoms with Gasteiger partial charge in [-0.1, -0.05) is 24.3 Å². The van der Waals surface area contributed by atoms with E-state index in [4.69, 9.17) is 4.98 Å². The molecule has 2 aromatic carbocycles. The SMILES string of the molecule is Cc1cccc2[nH]c(-c3ccc(-c4ccc(C(=O)NCCN5CCCC5)cc4)s3)nc12. The minimum Gasteiger partial charge on any atom is -0.351 e. The lowest BCUT2D eigenvalue weighted by Crippen LogP contribution is -2.33. The summed E-state index contributed by atoms with van der Waals surface area (Å²) in [4.78, 5) is 25.3. The molecule has 2 aromatic heterocycles. The first-order valence-corrected chi connectivity index (χ1v) is 11.7. The maximum atomic E-state index is 12.4. The van der Waals surface area contributed by atoms with Crippen LogP contribution in [0.1, 0.15) is 28.8 Å². The summed E-state index contributed by atoms with van der Waals surface area (Å²) in [5, 5.41) is 3.04. The number of thiophene rings is 1. The smallest absolute Gasteiger partial charge is 0.251 e. The predicted molar refractivity (Wildman–Crippen MR) is 128 cm³/mol. The molecule has 0 spiro atoms. The first-order chi connectivity index (χ1) is 15.2. The molecule has 1 fully saturated rings. The van der Waals surface area contributed by atoms with Crippen LogP contribution in [0.4, 0.5) is 0 Å². The lowest BCUT2D eigenvalue weighted by atomic mass is 10.1. The average molecular weight is 431 g/mol. The zero-order chi connectivity index (χ0) is 21.2. The van der Waals surface area contributed by atoms with Crippen molar-refractivity contribution < 1.29 is 4.79 Å². The molecule has 0 atom stereocenters. The van der Waals surface area contributed by atoms with Crippen molar-refractivity contribution in [1.29, 1.82) is 0 Å². The first-order valence-electron chi connectivity index (χ1n) is 10.8. The molecular weight excluding hydrogens is 404 g/mol. The highest BCUT2D eigenvalue weighted by atomic mass is 32.1. The summed E-state index contributed by atoms with van der Waals surface area (Å²) in [5.74, 6) is 0.893. The number of imidazole rings is 1. The van der Waals surface area contributed by atoms with Crippen LogP contribution in [-0.2, 0) is 0 Å². The number of rotatable bonds is 6. The number of hydrogen-bond acceptors (Lipinski definition) is 4. The molecule has 5 nitrogen and oxygen atoms in total. The summed E-state index contributed by atoms with van der Waals surface area (Å²) in [7, 11) is 0. The number of aryl methyl sites for hydroxylation is 1. The first kappa shape index (κ1) is 20.0. The van der Waals surface area contributed by atoms with E-state index in [1.807, 2.05) is 30.3 Å². The van der Waals surface area contributed by atoms with Gasteiger partial charge in [-0.25, -0.2) is 4.98 Å². The van der Waals surface area contributed by atoms with Crippen molar-refractivity contribution in [2.75, 3.05) is 26.2 Å². The van der Waals surface area contributed by atoms with Gasteiger partial charge in [-0.2, -0.15) is 0 Å². The van der Waals surface area contributed by atoms with E-state index in [2.05, 4.69) is 46.4 Å². The fraction of sp³-hybridized carbons (Fsp3) is 0.280. The monoisotopic (exact) mass is 430 g/mol. The molecule has 1 aliphatic rings. The van der Waals surface area contributed by atoms with Crippen LogP contribution >= 0.6 is 11.3 Å². The van der Waals surface area contributed by atoms with Gasteiger partial charge < -0.3 is 15.2 Å². The number of likely N-dealkylation sites (tertiary alicyclic amines) is 1. The highest BCUT2D eigenvalue weighted by molar-refractivity contribution is 7.18. The number of hydrogen-bond donors (Lipinski definition) is 2. The van der Waals surface area contributed by atoms with Crippen molar-refractivity contribution in [2.24, 2.45) is 0 Å². The Balaban J connectivity index is 1.26. The maximum absolute atomic E-state index is 12.4. The van der Waals surface area contributed by atoms with E-state index in [0.717, 1.165) is 51.8 Å². The van der Waals surface area contributed by atoms with Crippen molar-refractivity contribution in [1.82, 2.24) is 20.2 Å². The van der Waals surface area contributed by atoms with E-state index in [1.54, 1.807) is 11.3 Å². The Labute approximate surface area is 186 Å². The molecule has 31 heavy (non-hydrogen) atoms. The van der Waals surface area contributed by atoms with E-state index < -0.39 is 0 Å². The van der Waals surface area contributed by atoms with E-state index in [-0.39, 0.29) is 5.91 Å². The molecule has 1 saturated heterocycles. The summed E-state index contributed by atoms with van der Waals surface area (Å²) in [6.07, 6.45) is 2.55. The molecule has 158 valence electrons. The molecule has 6 heteroatoms. The lowest BCUT2D eigenvalue weighted by molar-refractivity contribution is 0.0950. The zero-order valence-corrected chi connectivity index (χ0v) is 18.5. The number of para-hydroxylation sites is 1. The van der Waals surface area contributed by atoms with Crippen molar-refractivity contribution in [3.63, 3.8) is 0 Å². The molecule has 0 unspecified atom stereocenters. The minimum absolute atomic E-state index is 0.00439. The van der Waals surface area contributed by atoms with Crippen LogP contribution in [-0.4, -0.2) is 47.0 Å². The van der Waals surface area contributed by atoms with Gasteiger partial charge in [0.05, 0.1) is 15.9 Å². The van der Waals surface area contributed by atoms with Crippen molar-refractivity contribution in [3.8, 4) is 21.1 Å². The molecule has 1 amide bonds. The standard InChI is InChI=1S/C25H26N4OS/c1-17-5-4-6-20-23(17)28-24(27-20)22-12-11-21(31-22)18-7-9-19(10-8-18)25(30)26-13-16-29-14-2-3-15-29/h4-12H,2-3,13-16H2,1H3,(H,26,30)(H,27,28). The minimum atomic E-state index is -0.00439. The molecule has 4 aromatic rings. The Hall–Kier alpha value is -2.96. The van der Waals surface area contributed by atoms with Crippen molar-refractivity contribution >= 4 is 28.3 Å². The molecule has 5 rings (SSSR count). The summed E-state index contributed by atoms with van der Waals surface area (Å²) < 4.78 is 0. The Morgan fingerprint density at radius 2 is 1.84 bits per heavy atom. The molecule has 0 radical (unpaired) electrons. The van der Waals surface area contributed by atoms with Gasteiger partial charge in [-0.15, -0.1) is 11.3 Å². The Bertz CT molecular complexity index is 1200. The van der Waals surface area contributed by atoms with Gasteiger partial charge in [-0.3, -0.25) is 4.79 Å². The molecular formula is C25H26N4OS. The number of carbonyl (C=O) groups excluding carboxylic acids is 1. The number of carbonyl (C=O) groups is 1. The molecule has 1 aliphatic heterocycles. The summed E-state index contributed by atoms with van der Waals surface area (Å²) >= 11 is 1.70. The van der Waals surface area contributed by atoms with Gasteiger partial charge in [0, 0.05) is 23.5 Å². The van der Waals surface area contributed by atoms with Crippen LogP contribution in [0.5, 0.6) is 0 Å². The number of H-pyrrole nitrogens is 1. The zero-order valence-electron chi connectivity index (χ0n) is 17.6. The van der Waals surface area contributed by atoms with Crippen LogP contribution in [0.25, 0.3) is 32.2 Å². The topological polar surface area (TPSA) is 61.0 Å². The quantitative estimate of drug-likeness (QED) is 0.448. The Morgan fingerprint density at radius 1 is 1.06 bits per heavy atom. The molecule has 2 N–H and O–H groups in total. The fourth-order valence-electron chi connectivity index (χ4n) is 4.13. The van der Waals surface area contributed by atoms with E-state index in [1.165, 1.54) is 18.4 Å². The highest BCUT2D eigenvalue weighted by Crippen LogP contribution is 2.34. The van der Waals surface area contributed by atoms with E-state index in [9.17, 15) is 4.79 Å². The van der Waals surface area contributed by atoms with E-state index >= 15 is 0 Å². The van der Waals surface area contributed by atoms with Crippen LogP contribution in [0.2, 0.25) is 0 Å². The second kappa shape index (κ2) is 8.65. The second-order valence-electron chi connectivity index (χ2n) is 8.10. The van der Waals surface area contributed by atoms with Gasteiger partial charge in [0.1, 0.15) is 5.82 Å². The highest BCUT2D eigenvalue weighted by Gasteiger charge is 2.13. The summed E-state index contributed by atoms with van der Waals surface area (Å²) in [6.45, 7) is 6.02. The maximum Gasteiger partial charge on any atom is 0.251 e. The van der Waals surface area contributed by atoms with Crippen LogP contribution in [0.3, 0.4) is 0 Å². The number of benzene rings is 2. The average Bonchev–Trinajstić information content (AvgIpc) is 3.54. The number of nitrogens with zero attached hydrogens (tertiary/aromatic N) is 2. The third-order valence-corrected chi connectivity index (χ3v) is 7.04. The third-order valence-electron chi connectivity index (χ3n) is 5.90. The van der Waals surface area contributed by atoms with Gasteiger partial charge in [-0.05, 0) is 74.3 Å². The molecule has 0 bridgehead atoms. The second-order valence-corrected chi connectivity index (χ2v) is 9.19. The van der Waals surface area contributed by atoms with Crippen LogP contribution in [0, 0.1) is 6.92 Å². The summed E-state index contributed by atoms with van der Waals surface area (Å²) in [5.41, 5.74) is 5.07. The van der Waals surface area contributed by atoms with Gasteiger partial charge in [0.2, 0.25) is 0 Å². The van der Waals surface area contributed by atoms with E-state index in [0.29, 0.717) is 12.1 Å². The Kier molecular flexibility index (Phi) is 5.57. The third kappa shape index (κ3) is 4.27.